The maximum Gasteiger partial charge on any atom is 0.254 e. The van der Waals surface area contributed by atoms with E-state index in [-0.39, 0.29) is 5.91 Å². The summed E-state index contributed by atoms with van der Waals surface area (Å²) in [6.45, 7) is 3.03. The van der Waals surface area contributed by atoms with Crippen molar-refractivity contribution in [3.63, 3.8) is 0 Å². The zero-order valence-corrected chi connectivity index (χ0v) is 15.2. The molecule has 0 unspecified atom stereocenters. The molecule has 2 aromatic carbocycles. The van der Waals surface area contributed by atoms with Crippen LogP contribution in [0, 0.1) is 0 Å². The van der Waals surface area contributed by atoms with E-state index < -0.39 is 0 Å². The Kier molecular flexibility index (Phi) is 5.41. The third-order valence-corrected chi connectivity index (χ3v) is 4.65. The molecule has 1 amide bonds. The summed E-state index contributed by atoms with van der Waals surface area (Å²) in [5.41, 5.74) is 2.49. The van der Waals surface area contributed by atoms with E-state index in [1.165, 1.54) is 0 Å². The van der Waals surface area contributed by atoms with Gasteiger partial charge in [-0.15, -0.1) is 0 Å². The molecule has 0 aliphatic rings. The number of amides is 1. The number of nitrogens with zero attached hydrogens (tertiary/aromatic N) is 3. The molecule has 0 saturated heterocycles. The van der Waals surface area contributed by atoms with E-state index in [0.29, 0.717) is 28.7 Å². The van der Waals surface area contributed by atoms with Crippen LogP contribution in [-0.4, -0.2) is 27.1 Å². The molecule has 1 aromatic heterocycles. The average molecular weight is 374 g/mol. The van der Waals surface area contributed by atoms with Gasteiger partial charge in [0.15, 0.2) is 0 Å². The maximum absolute atomic E-state index is 12.8. The van der Waals surface area contributed by atoms with E-state index in [2.05, 4.69) is 5.10 Å². The molecule has 0 saturated carbocycles. The standard InChI is InChI=1S/C19H17Cl2N3O/c1-2-23(13-14-4-9-17(20)18(21)12-14)19(25)15-5-7-16(8-6-15)24-11-3-10-22-24/h3-12H,2,13H2,1H3. The van der Waals surface area contributed by atoms with Gasteiger partial charge in [0.05, 0.1) is 15.7 Å². The minimum atomic E-state index is -0.0272. The Bertz CT molecular complexity index is 861. The largest absolute Gasteiger partial charge is 0.335 e. The Morgan fingerprint density at radius 3 is 2.48 bits per heavy atom. The molecular weight excluding hydrogens is 357 g/mol. The molecule has 128 valence electrons. The molecule has 1 heterocycles. The van der Waals surface area contributed by atoms with Gasteiger partial charge in [-0.1, -0.05) is 29.3 Å². The average Bonchev–Trinajstić information content (AvgIpc) is 3.17. The van der Waals surface area contributed by atoms with Crippen molar-refractivity contribution >= 4 is 29.1 Å². The van der Waals surface area contributed by atoms with Gasteiger partial charge < -0.3 is 4.90 Å². The SMILES string of the molecule is CCN(Cc1ccc(Cl)c(Cl)c1)C(=O)c1ccc(-n2cccn2)cc1. The van der Waals surface area contributed by atoms with Gasteiger partial charge in [-0.2, -0.15) is 5.10 Å². The van der Waals surface area contributed by atoms with E-state index in [0.717, 1.165) is 11.3 Å². The topological polar surface area (TPSA) is 38.1 Å². The monoisotopic (exact) mass is 373 g/mol. The third kappa shape index (κ3) is 4.03. The van der Waals surface area contributed by atoms with Crippen LogP contribution in [0.4, 0.5) is 0 Å². The Morgan fingerprint density at radius 2 is 1.88 bits per heavy atom. The molecule has 0 spiro atoms. The summed E-state index contributed by atoms with van der Waals surface area (Å²) in [6.07, 6.45) is 3.58. The number of hydrogen-bond donors (Lipinski definition) is 0. The molecule has 0 aliphatic carbocycles. The van der Waals surface area contributed by atoms with Crippen molar-refractivity contribution in [2.45, 2.75) is 13.5 Å². The van der Waals surface area contributed by atoms with Crippen LogP contribution in [0.25, 0.3) is 5.69 Å². The quantitative estimate of drug-likeness (QED) is 0.641. The van der Waals surface area contributed by atoms with E-state index >= 15 is 0 Å². The molecule has 0 atom stereocenters. The number of halogens is 2. The van der Waals surface area contributed by atoms with Crippen molar-refractivity contribution in [2.24, 2.45) is 0 Å². The minimum Gasteiger partial charge on any atom is -0.335 e. The summed E-state index contributed by atoms with van der Waals surface area (Å²) < 4.78 is 1.75. The van der Waals surface area contributed by atoms with E-state index in [4.69, 9.17) is 23.2 Å². The predicted octanol–water partition coefficient (Wildman–Crippen LogP) is 4.84. The number of carbonyl (C=O) groups is 1. The second-order valence-corrected chi connectivity index (χ2v) is 6.38. The van der Waals surface area contributed by atoms with Crippen LogP contribution in [-0.2, 0) is 6.54 Å². The van der Waals surface area contributed by atoms with Crippen LogP contribution in [0.3, 0.4) is 0 Å². The predicted molar refractivity (Wildman–Crippen MR) is 100 cm³/mol. The number of carbonyl (C=O) groups excluding carboxylic acids is 1. The molecule has 0 aliphatic heterocycles. The molecular formula is C19H17Cl2N3O. The zero-order valence-electron chi connectivity index (χ0n) is 13.7. The number of benzene rings is 2. The first-order chi connectivity index (χ1) is 12.1. The van der Waals surface area contributed by atoms with Gasteiger partial charge in [0.1, 0.15) is 0 Å². The van der Waals surface area contributed by atoms with Crippen molar-refractivity contribution in [1.82, 2.24) is 14.7 Å². The lowest BCUT2D eigenvalue weighted by atomic mass is 10.1. The van der Waals surface area contributed by atoms with E-state index in [9.17, 15) is 4.79 Å². The van der Waals surface area contributed by atoms with Crippen LogP contribution in [0.1, 0.15) is 22.8 Å². The summed E-state index contributed by atoms with van der Waals surface area (Å²) in [4.78, 5) is 14.5. The lowest BCUT2D eigenvalue weighted by Crippen LogP contribution is -2.30. The fraction of sp³-hybridized carbons (Fsp3) is 0.158. The third-order valence-electron chi connectivity index (χ3n) is 3.91. The first-order valence-electron chi connectivity index (χ1n) is 7.91. The molecule has 0 fully saturated rings. The molecule has 6 heteroatoms. The molecule has 0 bridgehead atoms. The number of rotatable bonds is 5. The van der Waals surface area contributed by atoms with Crippen LogP contribution < -0.4 is 0 Å². The fourth-order valence-corrected chi connectivity index (χ4v) is 2.87. The van der Waals surface area contributed by atoms with Gasteiger partial charge >= 0.3 is 0 Å². The second-order valence-electron chi connectivity index (χ2n) is 5.57. The smallest absolute Gasteiger partial charge is 0.254 e. The summed E-state index contributed by atoms with van der Waals surface area (Å²) in [7, 11) is 0. The highest BCUT2D eigenvalue weighted by Crippen LogP contribution is 2.23. The molecule has 3 rings (SSSR count). The number of hydrogen-bond acceptors (Lipinski definition) is 2. The Labute approximate surface area is 156 Å². The zero-order chi connectivity index (χ0) is 17.8. The van der Waals surface area contributed by atoms with Crippen molar-refractivity contribution in [3.8, 4) is 5.69 Å². The van der Waals surface area contributed by atoms with E-state index in [1.54, 1.807) is 27.9 Å². The lowest BCUT2D eigenvalue weighted by Gasteiger charge is -2.21. The maximum atomic E-state index is 12.8. The molecule has 25 heavy (non-hydrogen) atoms. The van der Waals surface area contributed by atoms with E-state index in [1.807, 2.05) is 49.5 Å². The van der Waals surface area contributed by atoms with Crippen molar-refractivity contribution in [3.05, 3.63) is 82.1 Å². The van der Waals surface area contributed by atoms with Gasteiger partial charge in [-0.05, 0) is 55.0 Å². The van der Waals surface area contributed by atoms with Crippen LogP contribution in [0.2, 0.25) is 10.0 Å². The highest BCUT2D eigenvalue weighted by Gasteiger charge is 2.15. The van der Waals surface area contributed by atoms with Crippen LogP contribution >= 0.6 is 23.2 Å². The van der Waals surface area contributed by atoms with Crippen molar-refractivity contribution in [2.75, 3.05) is 6.54 Å². The highest BCUT2D eigenvalue weighted by atomic mass is 35.5. The number of aromatic nitrogens is 2. The summed E-state index contributed by atoms with van der Waals surface area (Å²) in [5, 5.41) is 5.18. The van der Waals surface area contributed by atoms with Crippen molar-refractivity contribution < 1.29 is 4.79 Å². The summed E-state index contributed by atoms with van der Waals surface area (Å²) in [6, 6.07) is 14.7. The normalized spacial score (nSPS) is 10.7. The van der Waals surface area contributed by atoms with Crippen LogP contribution in [0.5, 0.6) is 0 Å². The van der Waals surface area contributed by atoms with Crippen molar-refractivity contribution in [1.29, 1.82) is 0 Å². The Balaban J connectivity index is 1.76. The van der Waals surface area contributed by atoms with Gasteiger partial charge in [-0.3, -0.25) is 4.79 Å². The van der Waals surface area contributed by atoms with Gasteiger partial charge in [0, 0.05) is 31.0 Å². The first kappa shape index (κ1) is 17.5. The van der Waals surface area contributed by atoms with Crippen LogP contribution in [0.15, 0.2) is 60.9 Å². The molecule has 0 radical (unpaired) electrons. The second kappa shape index (κ2) is 7.72. The highest BCUT2D eigenvalue weighted by molar-refractivity contribution is 6.42. The minimum absolute atomic E-state index is 0.0272. The Morgan fingerprint density at radius 1 is 1.12 bits per heavy atom. The lowest BCUT2D eigenvalue weighted by molar-refractivity contribution is 0.0752. The Hall–Kier alpha value is -2.30. The summed E-state index contributed by atoms with van der Waals surface area (Å²) in [5.74, 6) is -0.0272. The molecule has 3 aromatic rings. The van der Waals surface area contributed by atoms with Gasteiger partial charge in [-0.25, -0.2) is 4.68 Å². The summed E-state index contributed by atoms with van der Waals surface area (Å²) >= 11 is 12.0. The van der Waals surface area contributed by atoms with Gasteiger partial charge in [0.25, 0.3) is 5.91 Å². The molecule has 0 N–H and O–H groups in total. The van der Waals surface area contributed by atoms with Gasteiger partial charge in [0.2, 0.25) is 0 Å². The fourth-order valence-electron chi connectivity index (χ4n) is 2.55. The first-order valence-corrected chi connectivity index (χ1v) is 8.67. The molecule has 4 nitrogen and oxygen atoms in total.